The average molecular weight is 455 g/mol. The molecule has 0 aromatic carbocycles. The number of nitrogens with zero attached hydrogens (tertiary/aromatic N) is 4. The molecule has 0 saturated heterocycles. The first kappa shape index (κ1) is 26.3. The van der Waals surface area contributed by atoms with E-state index in [0.717, 1.165) is 42.7 Å². The molecular formula is C25H38N6O2. The lowest BCUT2D eigenvalue weighted by Crippen LogP contribution is -2.12. The van der Waals surface area contributed by atoms with Crippen molar-refractivity contribution in [1.82, 2.24) is 20.2 Å². The first-order valence-electron chi connectivity index (χ1n) is 11.9. The molecule has 0 radical (unpaired) electrons. The first-order valence-corrected chi connectivity index (χ1v) is 11.9. The topological polar surface area (TPSA) is 117 Å². The summed E-state index contributed by atoms with van der Waals surface area (Å²) in [6, 6.07) is 3.84. The summed E-state index contributed by atoms with van der Waals surface area (Å²) in [6.07, 6.45) is 8.21. The van der Waals surface area contributed by atoms with Crippen molar-refractivity contribution in [1.29, 1.82) is 5.26 Å². The summed E-state index contributed by atoms with van der Waals surface area (Å²) in [6.45, 7) is 13.0. The number of H-pyrrole nitrogens is 1. The minimum absolute atomic E-state index is 0.0124. The molecule has 0 spiro atoms. The summed E-state index contributed by atoms with van der Waals surface area (Å²) >= 11 is 0. The third-order valence-electron chi connectivity index (χ3n) is 6.24. The van der Waals surface area contributed by atoms with Crippen molar-refractivity contribution >= 4 is 17.6 Å². The van der Waals surface area contributed by atoms with Gasteiger partial charge in [-0.15, -0.1) is 0 Å². The quantitative estimate of drug-likeness (QED) is 0.489. The van der Waals surface area contributed by atoms with Gasteiger partial charge in [-0.05, 0) is 43.4 Å². The molecule has 1 fully saturated rings. The van der Waals surface area contributed by atoms with Crippen LogP contribution in [0.3, 0.4) is 0 Å². The average Bonchev–Trinajstić information content (AvgIpc) is 3.42. The molecular weight excluding hydrogens is 416 g/mol. The van der Waals surface area contributed by atoms with Crippen LogP contribution < -0.4 is 5.32 Å². The number of esters is 1. The van der Waals surface area contributed by atoms with Crippen molar-refractivity contribution in [2.75, 3.05) is 5.32 Å². The summed E-state index contributed by atoms with van der Waals surface area (Å²) in [4.78, 5) is 19.0. The van der Waals surface area contributed by atoms with E-state index in [1.165, 1.54) is 32.2 Å². The summed E-state index contributed by atoms with van der Waals surface area (Å²) in [5.41, 5.74) is 1.27. The monoisotopic (exact) mass is 454 g/mol. The highest BCUT2D eigenvalue weighted by molar-refractivity contribution is 5.66. The molecule has 2 aromatic heterocycles. The van der Waals surface area contributed by atoms with Gasteiger partial charge in [-0.1, -0.05) is 41.0 Å². The molecule has 2 heterocycles. The van der Waals surface area contributed by atoms with E-state index in [4.69, 9.17) is 10.00 Å². The molecule has 2 N–H and O–H groups in total. The fourth-order valence-corrected chi connectivity index (χ4v) is 4.13. The number of ether oxygens (including phenoxy) is 1. The van der Waals surface area contributed by atoms with Crippen molar-refractivity contribution in [3.05, 3.63) is 29.8 Å². The number of carbonyl (C=O) groups is 1. The van der Waals surface area contributed by atoms with Crippen molar-refractivity contribution in [3.8, 4) is 6.07 Å². The van der Waals surface area contributed by atoms with Crippen LogP contribution in [0, 0.1) is 29.1 Å². The van der Waals surface area contributed by atoms with Crippen LogP contribution in [0.1, 0.15) is 91.0 Å². The minimum Gasteiger partial charge on any atom is -0.463 e. The maximum atomic E-state index is 11.0. The molecule has 0 aliphatic heterocycles. The summed E-state index contributed by atoms with van der Waals surface area (Å²) in [7, 11) is 0. The van der Waals surface area contributed by atoms with Gasteiger partial charge in [0.25, 0.3) is 0 Å². The number of aromatic amines is 1. The number of anilines is 2. The Bertz CT molecular complexity index is 902. The van der Waals surface area contributed by atoms with Crippen LogP contribution in [0.5, 0.6) is 0 Å². The highest BCUT2D eigenvalue weighted by Gasteiger charge is 2.29. The summed E-state index contributed by atoms with van der Waals surface area (Å²) < 4.78 is 5.25. The summed E-state index contributed by atoms with van der Waals surface area (Å²) in [5, 5.41) is 18.9. The predicted octanol–water partition coefficient (Wildman–Crippen LogP) is 5.73. The van der Waals surface area contributed by atoms with Crippen LogP contribution in [-0.4, -0.2) is 32.2 Å². The van der Waals surface area contributed by atoms with Crippen molar-refractivity contribution < 1.29 is 9.53 Å². The molecule has 1 aliphatic rings. The van der Waals surface area contributed by atoms with Gasteiger partial charge in [0.15, 0.2) is 11.5 Å². The van der Waals surface area contributed by atoms with Gasteiger partial charge in [0.2, 0.25) is 0 Å². The second-order valence-electron chi connectivity index (χ2n) is 9.47. The van der Waals surface area contributed by atoms with Gasteiger partial charge >= 0.3 is 5.97 Å². The predicted molar refractivity (Wildman–Crippen MR) is 129 cm³/mol. The number of nitriles is 1. The Morgan fingerprint density at radius 1 is 1.21 bits per heavy atom. The molecule has 33 heavy (non-hydrogen) atoms. The molecule has 1 aliphatic carbocycles. The summed E-state index contributed by atoms with van der Waals surface area (Å²) in [5.74, 6) is 3.90. The highest BCUT2D eigenvalue weighted by Crippen LogP contribution is 2.36. The van der Waals surface area contributed by atoms with Gasteiger partial charge < -0.3 is 10.1 Å². The van der Waals surface area contributed by atoms with Crippen molar-refractivity contribution in [2.45, 2.75) is 85.7 Å². The van der Waals surface area contributed by atoms with Crippen LogP contribution in [-0.2, 0) is 9.53 Å². The third kappa shape index (κ3) is 8.83. The van der Waals surface area contributed by atoms with Gasteiger partial charge in [0.1, 0.15) is 18.0 Å². The van der Waals surface area contributed by atoms with E-state index in [1.54, 1.807) is 0 Å². The van der Waals surface area contributed by atoms with Gasteiger partial charge in [0, 0.05) is 24.6 Å². The Kier molecular flexibility index (Phi) is 10.3. The normalized spacial score (nSPS) is 19.2. The van der Waals surface area contributed by atoms with Gasteiger partial charge in [-0.25, -0.2) is 9.97 Å². The van der Waals surface area contributed by atoms with Gasteiger partial charge in [0.05, 0.1) is 12.4 Å². The maximum Gasteiger partial charge on any atom is 0.302 e. The molecule has 0 bridgehead atoms. The number of aromatic nitrogens is 4. The number of nitrogens with one attached hydrogen (secondary N) is 2. The first-order chi connectivity index (χ1) is 15.7. The van der Waals surface area contributed by atoms with E-state index in [-0.39, 0.29) is 17.8 Å². The zero-order chi connectivity index (χ0) is 24.4. The van der Waals surface area contributed by atoms with Crippen molar-refractivity contribution in [2.24, 2.45) is 17.8 Å². The Balaban J connectivity index is 0.000000328. The maximum absolute atomic E-state index is 11.0. The lowest BCUT2D eigenvalue weighted by molar-refractivity contribution is -0.145. The van der Waals surface area contributed by atoms with E-state index in [2.05, 4.69) is 60.1 Å². The minimum atomic E-state index is -0.234. The number of hydrogen-bond acceptors (Lipinski definition) is 7. The van der Waals surface area contributed by atoms with Crippen LogP contribution >= 0.6 is 0 Å². The molecule has 8 nitrogen and oxygen atoms in total. The molecule has 0 amide bonds. The fraction of sp³-hybridized carbons (Fsp3) is 0.640. The lowest BCUT2D eigenvalue weighted by Gasteiger charge is -2.19. The molecule has 8 heteroatoms. The molecule has 1 saturated carbocycles. The second kappa shape index (κ2) is 12.9. The zero-order valence-electron chi connectivity index (χ0n) is 20.8. The van der Waals surface area contributed by atoms with Gasteiger partial charge in [-0.2, -0.15) is 10.4 Å². The van der Waals surface area contributed by atoms with E-state index in [0.29, 0.717) is 17.6 Å². The molecule has 180 valence electrons. The standard InChI is InChI=1S/C15H16N6O2.C10H22/c1-9(22)23-12-3-2-10(4-12)13-5-14(21-20-13)19-15-8-17-11(6-16)7-18-15;1-6-9(4)10(5)7-8(2)3/h5,7-8,10,12H,2-4H2,1H3,(H2,18,19,20,21);8-10H,6-7H2,1-5H3. The number of carbonyl (C=O) groups excluding carboxylic acids is 1. The third-order valence-corrected chi connectivity index (χ3v) is 6.24. The Morgan fingerprint density at radius 2 is 1.97 bits per heavy atom. The SMILES string of the molecule is CC(=O)OC1CCC(c2cc(Nc3cnc(C#N)cn3)n[nH]2)C1.CCC(C)C(C)CC(C)C. The Morgan fingerprint density at radius 3 is 2.55 bits per heavy atom. The van der Waals surface area contributed by atoms with Crippen LogP contribution in [0.2, 0.25) is 0 Å². The van der Waals surface area contributed by atoms with E-state index >= 15 is 0 Å². The Hall–Kier alpha value is -2.95. The zero-order valence-corrected chi connectivity index (χ0v) is 20.8. The van der Waals surface area contributed by atoms with Crippen LogP contribution in [0.15, 0.2) is 18.5 Å². The second-order valence-corrected chi connectivity index (χ2v) is 9.47. The molecule has 2 aromatic rings. The smallest absolute Gasteiger partial charge is 0.302 e. The number of rotatable bonds is 8. The fourth-order valence-electron chi connectivity index (χ4n) is 4.13. The number of hydrogen-bond donors (Lipinski definition) is 2. The Labute approximate surface area is 197 Å². The van der Waals surface area contributed by atoms with Gasteiger partial charge in [-0.3, -0.25) is 9.89 Å². The molecule has 3 rings (SSSR count). The van der Waals surface area contributed by atoms with Crippen LogP contribution in [0.4, 0.5) is 11.6 Å². The lowest BCUT2D eigenvalue weighted by atomic mass is 9.87. The highest BCUT2D eigenvalue weighted by atomic mass is 16.5. The largest absolute Gasteiger partial charge is 0.463 e. The molecule has 4 unspecified atom stereocenters. The van der Waals surface area contributed by atoms with E-state index in [9.17, 15) is 4.79 Å². The van der Waals surface area contributed by atoms with Crippen LogP contribution in [0.25, 0.3) is 0 Å². The van der Waals surface area contributed by atoms with E-state index < -0.39 is 0 Å². The van der Waals surface area contributed by atoms with E-state index in [1.807, 2.05) is 12.1 Å². The molecule has 4 atom stereocenters. The van der Waals surface area contributed by atoms with Crippen molar-refractivity contribution in [3.63, 3.8) is 0 Å².